The number of hydrogen-bond acceptors (Lipinski definition) is 9. The highest BCUT2D eigenvalue weighted by Gasteiger charge is 2.14. The standard InChI is InChI=1S/C18H17N5O4/c1-24-13-5-3-11(7-15(13)25-2)20-17-9-19-23-18(22-17)21-12-4-6-14-16(8-12)27-10-26-14/h3-9H,10H2,1-2H3,(H2,20,21,22,23). The van der Waals surface area contributed by atoms with Crippen molar-refractivity contribution in [3.8, 4) is 23.0 Å². The van der Waals surface area contributed by atoms with E-state index in [0.717, 1.165) is 11.4 Å². The molecular formula is C18H17N5O4. The number of hydrogen-bond donors (Lipinski definition) is 2. The van der Waals surface area contributed by atoms with E-state index >= 15 is 0 Å². The molecule has 0 fully saturated rings. The molecule has 0 radical (unpaired) electrons. The van der Waals surface area contributed by atoms with Crippen LogP contribution in [0.5, 0.6) is 23.0 Å². The molecule has 1 aliphatic heterocycles. The van der Waals surface area contributed by atoms with Crippen LogP contribution in [0.2, 0.25) is 0 Å². The van der Waals surface area contributed by atoms with Crippen LogP contribution in [0.3, 0.4) is 0 Å². The van der Waals surface area contributed by atoms with E-state index in [2.05, 4.69) is 25.8 Å². The first kappa shape index (κ1) is 16.7. The summed E-state index contributed by atoms with van der Waals surface area (Å²) in [5.41, 5.74) is 1.55. The highest BCUT2D eigenvalue weighted by Crippen LogP contribution is 2.35. The third-order valence-corrected chi connectivity index (χ3v) is 3.84. The third-order valence-electron chi connectivity index (χ3n) is 3.84. The molecule has 9 heteroatoms. The maximum Gasteiger partial charge on any atom is 0.249 e. The van der Waals surface area contributed by atoms with Gasteiger partial charge in [-0.2, -0.15) is 10.1 Å². The van der Waals surface area contributed by atoms with Crippen molar-refractivity contribution in [2.75, 3.05) is 31.6 Å². The average Bonchev–Trinajstić information content (AvgIpc) is 3.16. The molecule has 138 valence electrons. The Morgan fingerprint density at radius 3 is 2.52 bits per heavy atom. The molecule has 0 saturated heterocycles. The maximum absolute atomic E-state index is 5.37. The number of fused-ring (bicyclic) bond motifs is 1. The van der Waals surface area contributed by atoms with Crippen molar-refractivity contribution in [2.45, 2.75) is 0 Å². The monoisotopic (exact) mass is 367 g/mol. The van der Waals surface area contributed by atoms with Gasteiger partial charge in [0.2, 0.25) is 12.7 Å². The van der Waals surface area contributed by atoms with Gasteiger partial charge in [-0.15, -0.1) is 5.10 Å². The Kier molecular flexibility index (Phi) is 4.48. The largest absolute Gasteiger partial charge is 0.493 e. The number of benzene rings is 2. The molecule has 9 nitrogen and oxygen atoms in total. The van der Waals surface area contributed by atoms with Crippen molar-refractivity contribution in [2.24, 2.45) is 0 Å². The molecule has 0 unspecified atom stereocenters. The molecule has 2 aromatic carbocycles. The van der Waals surface area contributed by atoms with Crippen LogP contribution in [0.1, 0.15) is 0 Å². The minimum atomic E-state index is 0.224. The van der Waals surface area contributed by atoms with E-state index in [4.69, 9.17) is 18.9 Å². The van der Waals surface area contributed by atoms with E-state index in [-0.39, 0.29) is 6.79 Å². The van der Waals surface area contributed by atoms with Crippen LogP contribution in [-0.2, 0) is 0 Å². The summed E-state index contributed by atoms with van der Waals surface area (Å²) in [5.74, 6) is 3.52. The second-order valence-corrected chi connectivity index (χ2v) is 5.55. The second-order valence-electron chi connectivity index (χ2n) is 5.55. The Hall–Kier alpha value is -3.75. The van der Waals surface area contributed by atoms with Crippen molar-refractivity contribution >= 4 is 23.1 Å². The van der Waals surface area contributed by atoms with Gasteiger partial charge in [-0.1, -0.05) is 0 Å². The van der Waals surface area contributed by atoms with Crippen molar-refractivity contribution in [3.63, 3.8) is 0 Å². The molecule has 0 atom stereocenters. The lowest BCUT2D eigenvalue weighted by molar-refractivity contribution is 0.174. The van der Waals surface area contributed by atoms with Crippen LogP contribution < -0.4 is 29.6 Å². The molecule has 27 heavy (non-hydrogen) atoms. The van der Waals surface area contributed by atoms with Gasteiger partial charge in [0.15, 0.2) is 28.8 Å². The SMILES string of the molecule is COc1ccc(Nc2cnnc(Nc3ccc4c(c3)OCO4)n2)cc1OC. The van der Waals surface area contributed by atoms with Gasteiger partial charge in [-0.25, -0.2) is 0 Å². The first-order valence-electron chi connectivity index (χ1n) is 8.10. The molecule has 2 N–H and O–H groups in total. The maximum atomic E-state index is 5.37. The fourth-order valence-electron chi connectivity index (χ4n) is 2.58. The predicted octanol–water partition coefficient (Wildman–Crippen LogP) is 3.10. The highest BCUT2D eigenvalue weighted by atomic mass is 16.7. The van der Waals surface area contributed by atoms with Crippen molar-refractivity contribution in [3.05, 3.63) is 42.6 Å². The van der Waals surface area contributed by atoms with Crippen molar-refractivity contribution in [1.29, 1.82) is 0 Å². The third kappa shape index (κ3) is 3.61. The molecule has 0 amide bonds. The van der Waals surface area contributed by atoms with Gasteiger partial charge < -0.3 is 29.6 Å². The topological polar surface area (TPSA) is 99.7 Å². The van der Waals surface area contributed by atoms with Gasteiger partial charge in [0.1, 0.15) is 0 Å². The van der Waals surface area contributed by atoms with Crippen LogP contribution in [0.15, 0.2) is 42.6 Å². The lowest BCUT2D eigenvalue weighted by atomic mass is 10.2. The van der Waals surface area contributed by atoms with Gasteiger partial charge in [0, 0.05) is 23.5 Å². The smallest absolute Gasteiger partial charge is 0.249 e. The Bertz CT molecular complexity index is 966. The molecule has 4 rings (SSSR count). The summed E-state index contributed by atoms with van der Waals surface area (Å²) >= 11 is 0. The van der Waals surface area contributed by atoms with E-state index in [1.807, 2.05) is 36.4 Å². The summed E-state index contributed by atoms with van der Waals surface area (Å²) < 4.78 is 21.2. The van der Waals surface area contributed by atoms with Crippen molar-refractivity contribution < 1.29 is 18.9 Å². The van der Waals surface area contributed by atoms with E-state index in [1.54, 1.807) is 14.2 Å². The molecule has 0 spiro atoms. The summed E-state index contributed by atoms with van der Waals surface area (Å²) in [6, 6.07) is 11.0. The highest BCUT2D eigenvalue weighted by molar-refractivity contribution is 5.63. The fraction of sp³-hybridized carbons (Fsp3) is 0.167. The number of methoxy groups -OCH3 is 2. The number of nitrogens with zero attached hydrogens (tertiary/aromatic N) is 3. The molecule has 0 aliphatic carbocycles. The van der Waals surface area contributed by atoms with Gasteiger partial charge in [-0.05, 0) is 24.3 Å². The van der Waals surface area contributed by atoms with Crippen LogP contribution >= 0.6 is 0 Å². The van der Waals surface area contributed by atoms with E-state index in [0.29, 0.717) is 34.8 Å². The zero-order chi connectivity index (χ0) is 18.6. The summed E-state index contributed by atoms with van der Waals surface area (Å²) in [6.45, 7) is 0.224. The normalized spacial score (nSPS) is 11.8. The predicted molar refractivity (Wildman–Crippen MR) is 98.5 cm³/mol. The zero-order valence-electron chi connectivity index (χ0n) is 14.7. The van der Waals surface area contributed by atoms with Gasteiger partial charge >= 0.3 is 0 Å². The number of anilines is 4. The Labute approximate surface area is 155 Å². The molecular weight excluding hydrogens is 350 g/mol. The van der Waals surface area contributed by atoms with Gasteiger partial charge in [0.05, 0.1) is 20.4 Å². The van der Waals surface area contributed by atoms with Crippen molar-refractivity contribution in [1.82, 2.24) is 15.2 Å². The van der Waals surface area contributed by atoms with Crippen LogP contribution in [0.25, 0.3) is 0 Å². The first-order chi connectivity index (χ1) is 13.2. The quantitative estimate of drug-likeness (QED) is 0.680. The number of rotatable bonds is 6. The van der Waals surface area contributed by atoms with Crippen LogP contribution in [0.4, 0.5) is 23.1 Å². The average molecular weight is 367 g/mol. The Balaban J connectivity index is 1.51. The summed E-state index contributed by atoms with van der Waals surface area (Å²) in [4.78, 5) is 4.41. The molecule has 2 heterocycles. The Morgan fingerprint density at radius 2 is 1.67 bits per heavy atom. The van der Waals surface area contributed by atoms with Crippen LogP contribution in [-0.4, -0.2) is 36.2 Å². The van der Waals surface area contributed by atoms with E-state index in [1.165, 1.54) is 6.20 Å². The van der Waals surface area contributed by atoms with Crippen LogP contribution in [0, 0.1) is 0 Å². The molecule has 0 bridgehead atoms. The molecule has 1 aliphatic rings. The minimum Gasteiger partial charge on any atom is -0.493 e. The lowest BCUT2D eigenvalue weighted by Gasteiger charge is -2.11. The lowest BCUT2D eigenvalue weighted by Crippen LogP contribution is -2.02. The minimum absolute atomic E-state index is 0.224. The van der Waals surface area contributed by atoms with Gasteiger partial charge in [-0.3, -0.25) is 0 Å². The summed E-state index contributed by atoms with van der Waals surface area (Å²) in [5, 5.41) is 14.2. The fourth-order valence-corrected chi connectivity index (χ4v) is 2.58. The summed E-state index contributed by atoms with van der Waals surface area (Å²) in [6.07, 6.45) is 1.53. The number of ether oxygens (including phenoxy) is 4. The molecule has 3 aromatic rings. The number of aromatic nitrogens is 3. The number of nitrogens with one attached hydrogen (secondary N) is 2. The van der Waals surface area contributed by atoms with Gasteiger partial charge in [0.25, 0.3) is 0 Å². The second kappa shape index (κ2) is 7.24. The van der Waals surface area contributed by atoms with E-state index < -0.39 is 0 Å². The Morgan fingerprint density at radius 1 is 0.889 bits per heavy atom. The zero-order valence-corrected chi connectivity index (χ0v) is 14.7. The molecule has 0 saturated carbocycles. The first-order valence-corrected chi connectivity index (χ1v) is 8.10. The van der Waals surface area contributed by atoms with E-state index in [9.17, 15) is 0 Å². The molecule has 1 aromatic heterocycles. The summed E-state index contributed by atoms with van der Waals surface area (Å²) in [7, 11) is 3.18.